The number of aryl methyl sites for hydroxylation is 1. The van der Waals surface area contributed by atoms with Crippen LogP contribution in [0.4, 0.5) is 0 Å². The molecule has 6 heteroatoms. The lowest BCUT2D eigenvalue weighted by atomic mass is 9.99. The molecule has 0 aliphatic carbocycles. The van der Waals surface area contributed by atoms with Crippen molar-refractivity contribution in [1.82, 2.24) is 5.32 Å². The molecule has 2 atom stereocenters. The molecule has 0 saturated carbocycles. The number of amides is 1. The van der Waals surface area contributed by atoms with Crippen LogP contribution >= 0.6 is 11.6 Å². The molecule has 0 aliphatic rings. The predicted octanol–water partition coefficient (Wildman–Crippen LogP) is 2.64. The van der Waals surface area contributed by atoms with E-state index in [2.05, 4.69) is 5.32 Å². The summed E-state index contributed by atoms with van der Waals surface area (Å²) in [7, 11) is 0. The third-order valence-electron chi connectivity index (χ3n) is 3.24. The Hall–Kier alpha value is -1.75. The summed E-state index contributed by atoms with van der Waals surface area (Å²) < 4.78 is 5.34. The summed E-state index contributed by atoms with van der Waals surface area (Å²) >= 11 is 5.96. The van der Waals surface area contributed by atoms with Gasteiger partial charge in [-0.3, -0.25) is 4.79 Å². The molecule has 0 saturated heterocycles. The number of aliphatic carboxylic acids is 1. The number of benzene rings is 1. The quantitative estimate of drug-likeness (QED) is 0.811. The largest absolute Gasteiger partial charge is 0.482 e. The maximum atomic E-state index is 11.8. The van der Waals surface area contributed by atoms with Crippen molar-refractivity contribution in [3.05, 3.63) is 28.8 Å². The first kappa shape index (κ1) is 17.3. The summed E-state index contributed by atoms with van der Waals surface area (Å²) in [5, 5.41) is 12.0. The highest BCUT2D eigenvalue weighted by Crippen LogP contribution is 2.25. The van der Waals surface area contributed by atoms with Gasteiger partial charge in [-0.2, -0.15) is 0 Å². The summed E-state index contributed by atoms with van der Waals surface area (Å²) in [4.78, 5) is 22.9. The maximum absolute atomic E-state index is 11.8. The van der Waals surface area contributed by atoms with Crippen LogP contribution in [0, 0.1) is 12.8 Å². The van der Waals surface area contributed by atoms with Gasteiger partial charge in [0, 0.05) is 0 Å². The third kappa shape index (κ3) is 5.27. The second-order valence-electron chi connectivity index (χ2n) is 4.99. The molecule has 1 rings (SSSR count). The van der Waals surface area contributed by atoms with Crippen molar-refractivity contribution in [2.45, 2.75) is 33.2 Å². The molecular weight excluding hydrogens is 294 g/mol. The Morgan fingerprint density at radius 3 is 2.67 bits per heavy atom. The molecule has 1 aromatic carbocycles. The van der Waals surface area contributed by atoms with Gasteiger partial charge < -0.3 is 15.2 Å². The van der Waals surface area contributed by atoms with Crippen molar-refractivity contribution < 1.29 is 19.4 Å². The highest BCUT2D eigenvalue weighted by atomic mass is 35.5. The van der Waals surface area contributed by atoms with Crippen LogP contribution in [-0.4, -0.2) is 29.6 Å². The second-order valence-corrected chi connectivity index (χ2v) is 5.40. The summed E-state index contributed by atoms with van der Waals surface area (Å²) in [6, 6.07) is 4.32. The molecule has 1 aromatic rings. The van der Waals surface area contributed by atoms with E-state index in [0.717, 1.165) is 5.56 Å². The van der Waals surface area contributed by atoms with Gasteiger partial charge in [-0.1, -0.05) is 37.9 Å². The van der Waals surface area contributed by atoms with Crippen molar-refractivity contribution in [3.63, 3.8) is 0 Å². The fourth-order valence-corrected chi connectivity index (χ4v) is 1.93. The Kier molecular flexibility index (Phi) is 6.49. The van der Waals surface area contributed by atoms with Crippen molar-refractivity contribution in [1.29, 1.82) is 0 Å². The number of carboxylic acids is 1. The Morgan fingerprint density at radius 2 is 2.10 bits per heavy atom. The molecule has 5 nitrogen and oxygen atoms in total. The van der Waals surface area contributed by atoms with Crippen LogP contribution in [0.2, 0.25) is 5.02 Å². The van der Waals surface area contributed by atoms with Crippen LogP contribution in [-0.2, 0) is 9.59 Å². The standard InChI is InChI=1S/C15H20ClNO4/c1-4-10(3)14(15(19)20)17-13(18)8-21-12-7-9(2)5-6-11(12)16/h5-7,10,14H,4,8H2,1-3H3,(H,17,18)(H,19,20)/t10?,14-/m0/s1. The zero-order valence-corrected chi connectivity index (χ0v) is 13.1. The second kappa shape index (κ2) is 7.88. The van der Waals surface area contributed by atoms with Crippen molar-refractivity contribution >= 4 is 23.5 Å². The van der Waals surface area contributed by atoms with Gasteiger partial charge in [0.1, 0.15) is 11.8 Å². The van der Waals surface area contributed by atoms with Crippen LogP contribution in [0.25, 0.3) is 0 Å². The van der Waals surface area contributed by atoms with Gasteiger partial charge in [0.25, 0.3) is 5.91 Å². The normalized spacial score (nSPS) is 13.3. The first-order valence-electron chi connectivity index (χ1n) is 6.76. The summed E-state index contributed by atoms with van der Waals surface area (Å²) in [5.41, 5.74) is 0.956. The Balaban J connectivity index is 2.61. The number of hydrogen-bond donors (Lipinski definition) is 2. The molecule has 0 aliphatic heterocycles. The molecule has 116 valence electrons. The van der Waals surface area contributed by atoms with Gasteiger partial charge in [0.2, 0.25) is 0 Å². The third-order valence-corrected chi connectivity index (χ3v) is 3.55. The van der Waals surface area contributed by atoms with Gasteiger partial charge in [-0.15, -0.1) is 0 Å². The topological polar surface area (TPSA) is 75.6 Å². The summed E-state index contributed by atoms with van der Waals surface area (Å²) in [6.45, 7) is 5.25. The SMILES string of the molecule is CCC(C)[C@H](NC(=O)COc1cc(C)ccc1Cl)C(=O)O. The Bertz CT molecular complexity index is 518. The van der Waals surface area contributed by atoms with Crippen molar-refractivity contribution in [2.24, 2.45) is 5.92 Å². The van der Waals surface area contributed by atoms with Crippen LogP contribution in [0.1, 0.15) is 25.8 Å². The fourth-order valence-electron chi connectivity index (χ4n) is 1.76. The van der Waals surface area contributed by atoms with E-state index in [1.807, 2.05) is 19.9 Å². The van der Waals surface area contributed by atoms with Gasteiger partial charge in [0.15, 0.2) is 6.61 Å². The average molecular weight is 314 g/mol. The van der Waals surface area contributed by atoms with Crippen LogP contribution in [0.3, 0.4) is 0 Å². The van der Waals surface area contributed by atoms with Crippen LogP contribution in [0.15, 0.2) is 18.2 Å². The number of halogens is 1. The fraction of sp³-hybridized carbons (Fsp3) is 0.467. The van der Waals surface area contributed by atoms with E-state index in [1.54, 1.807) is 19.1 Å². The van der Waals surface area contributed by atoms with Gasteiger partial charge in [-0.25, -0.2) is 4.79 Å². The minimum absolute atomic E-state index is 0.158. The molecule has 2 N–H and O–H groups in total. The first-order chi connectivity index (χ1) is 9.85. The molecule has 0 spiro atoms. The van der Waals surface area contributed by atoms with E-state index in [0.29, 0.717) is 17.2 Å². The molecule has 0 aromatic heterocycles. The molecule has 1 unspecified atom stereocenters. The minimum atomic E-state index is -1.05. The smallest absolute Gasteiger partial charge is 0.326 e. The lowest BCUT2D eigenvalue weighted by Gasteiger charge is -2.20. The molecule has 0 radical (unpaired) electrons. The van der Waals surface area contributed by atoms with E-state index >= 15 is 0 Å². The maximum Gasteiger partial charge on any atom is 0.326 e. The highest BCUT2D eigenvalue weighted by molar-refractivity contribution is 6.32. The minimum Gasteiger partial charge on any atom is -0.482 e. The number of rotatable bonds is 7. The Labute approximate surface area is 129 Å². The number of nitrogens with one attached hydrogen (secondary N) is 1. The Morgan fingerprint density at radius 1 is 1.43 bits per heavy atom. The van der Waals surface area contributed by atoms with E-state index in [-0.39, 0.29) is 12.5 Å². The molecule has 1 amide bonds. The number of ether oxygens (including phenoxy) is 1. The first-order valence-corrected chi connectivity index (χ1v) is 7.14. The average Bonchev–Trinajstić information content (AvgIpc) is 2.44. The van der Waals surface area contributed by atoms with Gasteiger partial charge in [-0.05, 0) is 30.5 Å². The van der Waals surface area contributed by atoms with E-state index in [1.165, 1.54) is 0 Å². The predicted molar refractivity (Wildman–Crippen MR) is 80.7 cm³/mol. The van der Waals surface area contributed by atoms with Crippen molar-refractivity contribution in [2.75, 3.05) is 6.61 Å². The molecular formula is C15H20ClNO4. The van der Waals surface area contributed by atoms with E-state index in [4.69, 9.17) is 21.4 Å². The van der Waals surface area contributed by atoms with Gasteiger partial charge in [0.05, 0.1) is 5.02 Å². The molecule has 0 bridgehead atoms. The van der Waals surface area contributed by atoms with Gasteiger partial charge >= 0.3 is 5.97 Å². The van der Waals surface area contributed by atoms with Crippen LogP contribution in [0.5, 0.6) is 5.75 Å². The lowest BCUT2D eigenvalue weighted by Crippen LogP contribution is -2.46. The lowest BCUT2D eigenvalue weighted by molar-refractivity contribution is -0.143. The monoisotopic (exact) mass is 313 g/mol. The molecule has 0 heterocycles. The molecule has 21 heavy (non-hydrogen) atoms. The zero-order valence-electron chi connectivity index (χ0n) is 12.4. The van der Waals surface area contributed by atoms with Crippen LogP contribution < -0.4 is 10.1 Å². The zero-order chi connectivity index (χ0) is 16.0. The number of hydrogen-bond acceptors (Lipinski definition) is 3. The highest BCUT2D eigenvalue weighted by Gasteiger charge is 2.25. The van der Waals surface area contributed by atoms with E-state index < -0.39 is 17.9 Å². The summed E-state index contributed by atoms with van der Waals surface area (Å²) in [6.07, 6.45) is 0.655. The molecule has 0 fully saturated rings. The number of carbonyl (C=O) groups is 2. The van der Waals surface area contributed by atoms with E-state index in [9.17, 15) is 9.59 Å². The number of carbonyl (C=O) groups excluding carboxylic acids is 1. The van der Waals surface area contributed by atoms with Crippen molar-refractivity contribution in [3.8, 4) is 5.75 Å². The number of carboxylic acid groups (broad SMARTS) is 1. The summed E-state index contributed by atoms with van der Waals surface area (Å²) in [5.74, 6) is -1.29.